The van der Waals surface area contributed by atoms with Crippen LogP contribution in [0, 0.1) is 6.92 Å². The van der Waals surface area contributed by atoms with Crippen molar-refractivity contribution in [2.24, 2.45) is 0 Å². The summed E-state index contributed by atoms with van der Waals surface area (Å²) in [5.41, 5.74) is -1.79. The van der Waals surface area contributed by atoms with E-state index in [0.717, 1.165) is 6.20 Å². The summed E-state index contributed by atoms with van der Waals surface area (Å²) in [6.45, 7) is -0.403. The molecule has 20 heteroatoms. The second kappa shape index (κ2) is 8.45. The van der Waals surface area contributed by atoms with Crippen LogP contribution in [0.3, 0.4) is 0 Å². The van der Waals surface area contributed by atoms with Crippen LogP contribution in [-0.2, 0) is 31.6 Å². The Morgan fingerprint density at radius 3 is 2.40 bits per heavy atom. The van der Waals surface area contributed by atoms with Gasteiger partial charge in [0, 0.05) is 18.2 Å². The molecule has 0 bridgehead atoms. The van der Waals surface area contributed by atoms with Gasteiger partial charge in [0.25, 0.3) is 11.4 Å². The van der Waals surface area contributed by atoms with E-state index < -0.39 is 66.0 Å². The lowest BCUT2D eigenvalue weighted by atomic mass is 10.2. The summed E-state index contributed by atoms with van der Waals surface area (Å²) in [5, 5.41) is 0. The maximum atomic E-state index is 14.7. The first kappa shape index (κ1) is 25.2. The highest BCUT2D eigenvalue weighted by atomic mass is 31.3. The molecule has 1 aliphatic rings. The van der Waals surface area contributed by atoms with Crippen molar-refractivity contribution in [3.8, 4) is 0 Å². The van der Waals surface area contributed by atoms with Gasteiger partial charge in [-0.1, -0.05) is 0 Å². The lowest BCUT2D eigenvalue weighted by molar-refractivity contribution is -0.193. The van der Waals surface area contributed by atoms with Crippen LogP contribution >= 0.6 is 23.5 Å². The number of aryl methyl sites for hydroxylation is 1. The third-order valence-corrected chi connectivity index (χ3v) is 7.29. The summed E-state index contributed by atoms with van der Waals surface area (Å²) in [6.07, 6.45) is -3.96. The number of H-pyrrole nitrogens is 1. The van der Waals surface area contributed by atoms with Crippen molar-refractivity contribution < 1.29 is 59.9 Å². The molecule has 1 aliphatic heterocycles. The van der Waals surface area contributed by atoms with E-state index in [1.54, 1.807) is 0 Å². The van der Waals surface area contributed by atoms with Crippen molar-refractivity contribution in [2.45, 2.75) is 31.6 Å². The molecule has 5 unspecified atom stereocenters. The molecule has 0 aromatic carbocycles. The summed E-state index contributed by atoms with van der Waals surface area (Å²) < 4.78 is 78.5. The minimum Gasteiger partial charge on any atom is -0.317 e. The minimum atomic E-state index is -5.85. The highest BCUT2D eigenvalue weighted by molar-refractivity contribution is 7.66. The molecular weight excluding hydrogens is 487 g/mol. The zero-order valence-corrected chi connectivity index (χ0v) is 17.3. The molecule has 0 aliphatic carbocycles. The van der Waals surface area contributed by atoms with E-state index in [-0.39, 0.29) is 5.56 Å². The Kier molecular flexibility index (Phi) is 7.09. The molecular formula is C10H15F2N2O13P3. The van der Waals surface area contributed by atoms with Crippen molar-refractivity contribution in [2.75, 3.05) is 6.61 Å². The zero-order valence-electron chi connectivity index (χ0n) is 14.7. The van der Waals surface area contributed by atoms with Crippen molar-refractivity contribution in [3.63, 3.8) is 0 Å². The predicted octanol–water partition coefficient (Wildman–Crippen LogP) is 0.111. The van der Waals surface area contributed by atoms with E-state index in [9.17, 15) is 37.0 Å². The normalized spacial score (nSPS) is 28.8. The van der Waals surface area contributed by atoms with Gasteiger partial charge in [0.1, 0.15) is 12.8 Å². The first-order chi connectivity index (χ1) is 13.4. The summed E-state index contributed by atoms with van der Waals surface area (Å²) in [6, 6.07) is 0. The number of nitrogens with one attached hydrogen (secondary N) is 1. The molecule has 0 amide bonds. The lowest BCUT2D eigenvalue weighted by Crippen LogP contribution is -2.38. The molecule has 30 heavy (non-hydrogen) atoms. The van der Waals surface area contributed by atoms with Crippen molar-refractivity contribution in [1.82, 2.24) is 9.55 Å². The largest absolute Gasteiger partial charge is 0.490 e. The average Bonchev–Trinajstić information content (AvgIpc) is 2.81. The SMILES string of the molecule is Cc1cn(C2CC(F)C(F)(COP(=O)(O)OP(=O)(O)OP(=O)(O)O)O2)c(=O)[nH]c1=O. The zero-order chi connectivity index (χ0) is 23.1. The van der Waals surface area contributed by atoms with Gasteiger partial charge in [-0.2, -0.15) is 8.62 Å². The van der Waals surface area contributed by atoms with Gasteiger partial charge in [-0.3, -0.25) is 18.9 Å². The van der Waals surface area contributed by atoms with E-state index in [2.05, 4.69) is 13.1 Å². The summed E-state index contributed by atoms with van der Waals surface area (Å²) in [4.78, 5) is 60.2. The van der Waals surface area contributed by atoms with E-state index in [0.29, 0.717) is 4.57 Å². The number of phosphoric ester groups is 1. The Balaban J connectivity index is 2.11. The number of phosphoric acid groups is 3. The second-order valence-corrected chi connectivity index (χ2v) is 10.3. The fraction of sp³-hybridized carbons (Fsp3) is 0.600. The summed E-state index contributed by atoms with van der Waals surface area (Å²) in [5.74, 6) is -3.44. The Morgan fingerprint density at radius 2 is 1.83 bits per heavy atom. The topological polar surface area (TPSA) is 224 Å². The molecule has 2 rings (SSSR count). The Morgan fingerprint density at radius 1 is 1.23 bits per heavy atom. The van der Waals surface area contributed by atoms with Crippen molar-refractivity contribution >= 4 is 23.5 Å². The Labute approximate surface area is 164 Å². The monoisotopic (exact) mass is 502 g/mol. The first-order valence-corrected chi connectivity index (χ1v) is 12.1. The molecule has 15 nitrogen and oxygen atoms in total. The van der Waals surface area contributed by atoms with Crippen molar-refractivity contribution in [3.05, 3.63) is 32.6 Å². The molecule has 2 heterocycles. The number of alkyl halides is 2. The van der Waals surface area contributed by atoms with E-state index >= 15 is 0 Å². The minimum absolute atomic E-state index is 0.0122. The third-order valence-electron chi connectivity index (χ3n) is 3.50. The van der Waals surface area contributed by atoms with Gasteiger partial charge in [-0.05, 0) is 6.92 Å². The standard InChI is InChI=1S/C10H15F2N2O13P3/c1-5-3-14(9(16)13-8(5)15)7-2-6(11)10(12,25-7)4-24-29(20,21)27-30(22,23)26-28(17,18)19/h3,6-7H,2,4H2,1H3,(H,20,21)(H,22,23)(H,13,15,16)(H2,17,18,19). The molecule has 172 valence electrons. The van der Waals surface area contributed by atoms with Gasteiger partial charge in [0.15, 0.2) is 6.17 Å². The number of ether oxygens (including phenoxy) is 1. The van der Waals surface area contributed by atoms with Gasteiger partial charge < -0.3 is 24.3 Å². The third kappa shape index (κ3) is 6.45. The lowest BCUT2D eigenvalue weighted by Gasteiger charge is -2.24. The summed E-state index contributed by atoms with van der Waals surface area (Å²) >= 11 is 0. The highest BCUT2D eigenvalue weighted by Gasteiger charge is 2.53. The fourth-order valence-electron chi connectivity index (χ4n) is 2.27. The number of halogens is 2. The molecule has 1 fully saturated rings. The van der Waals surface area contributed by atoms with Gasteiger partial charge in [-0.25, -0.2) is 27.3 Å². The molecule has 0 spiro atoms. The predicted molar refractivity (Wildman–Crippen MR) is 89.4 cm³/mol. The molecule has 5 atom stereocenters. The maximum absolute atomic E-state index is 14.7. The maximum Gasteiger partial charge on any atom is 0.490 e. The molecule has 0 radical (unpaired) electrons. The quantitative estimate of drug-likeness (QED) is 0.298. The molecule has 1 saturated heterocycles. The number of aromatic nitrogens is 2. The van der Waals surface area contributed by atoms with Crippen LogP contribution in [0.25, 0.3) is 0 Å². The second-order valence-electron chi connectivity index (χ2n) is 5.91. The highest BCUT2D eigenvalue weighted by Crippen LogP contribution is 2.66. The van der Waals surface area contributed by atoms with Crippen LogP contribution in [0.2, 0.25) is 0 Å². The van der Waals surface area contributed by atoms with Crippen LogP contribution in [0.15, 0.2) is 15.8 Å². The molecule has 1 aromatic heterocycles. The van der Waals surface area contributed by atoms with Gasteiger partial charge in [0.05, 0.1) is 0 Å². The Bertz CT molecular complexity index is 1070. The van der Waals surface area contributed by atoms with Crippen LogP contribution in [0.5, 0.6) is 0 Å². The van der Waals surface area contributed by atoms with Crippen molar-refractivity contribution in [1.29, 1.82) is 0 Å². The number of rotatable bonds is 8. The van der Waals surface area contributed by atoms with Gasteiger partial charge in [0.2, 0.25) is 0 Å². The smallest absolute Gasteiger partial charge is 0.317 e. The number of hydrogen-bond acceptors (Lipinski definition) is 9. The van der Waals surface area contributed by atoms with Crippen LogP contribution in [-0.4, -0.2) is 47.8 Å². The number of hydrogen-bond donors (Lipinski definition) is 5. The fourth-order valence-corrected chi connectivity index (χ4v) is 5.30. The molecule has 5 N–H and O–H groups in total. The van der Waals surface area contributed by atoms with E-state index in [1.807, 2.05) is 4.98 Å². The van der Waals surface area contributed by atoms with Crippen LogP contribution in [0.4, 0.5) is 8.78 Å². The molecule has 1 aromatic rings. The van der Waals surface area contributed by atoms with Gasteiger partial charge >= 0.3 is 29.2 Å². The first-order valence-electron chi connectivity index (χ1n) is 7.54. The summed E-state index contributed by atoms with van der Waals surface area (Å²) in [7, 11) is -17.2. The van der Waals surface area contributed by atoms with E-state index in [4.69, 9.17) is 19.4 Å². The van der Waals surface area contributed by atoms with Gasteiger partial charge in [-0.15, -0.1) is 0 Å². The number of nitrogens with zero attached hydrogens (tertiary/aromatic N) is 1. The molecule has 0 saturated carbocycles. The Hall–Kier alpha value is -1.09. The van der Waals surface area contributed by atoms with Crippen LogP contribution in [0.1, 0.15) is 18.2 Å². The van der Waals surface area contributed by atoms with Crippen LogP contribution < -0.4 is 11.2 Å². The average molecular weight is 502 g/mol. The van der Waals surface area contributed by atoms with E-state index in [1.165, 1.54) is 6.92 Å². The number of aromatic amines is 1.